The quantitative estimate of drug-likeness (QED) is 0.709. The molecule has 3 nitrogen and oxygen atoms in total. The number of ether oxygens (including phenoxy) is 2. The molecule has 0 unspecified atom stereocenters. The summed E-state index contributed by atoms with van der Waals surface area (Å²) < 4.78 is 11.1. The fourth-order valence-corrected chi connectivity index (χ4v) is 2.15. The lowest BCUT2D eigenvalue weighted by Crippen LogP contribution is -2.13. The van der Waals surface area contributed by atoms with Gasteiger partial charge in [-0.1, -0.05) is 27.5 Å². The second kappa shape index (κ2) is 7.02. The SMILES string of the molecule is COc1cc(Cl)cc(CBr)c1OCCC(C)(C)C#N. The molecule has 0 spiro atoms. The first-order chi connectivity index (χ1) is 8.93. The number of hydrogen-bond donors (Lipinski definition) is 0. The third-order valence-corrected chi connectivity index (χ3v) is 3.56. The lowest BCUT2D eigenvalue weighted by molar-refractivity contribution is 0.251. The highest BCUT2D eigenvalue weighted by Gasteiger charge is 2.18. The Balaban J connectivity index is 2.85. The molecule has 0 saturated heterocycles. The fraction of sp³-hybridized carbons (Fsp3) is 0.500. The van der Waals surface area contributed by atoms with E-state index in [0.717, 1.165) is 5.56 Å². The molecule has 0 saturated carbocycles. The Morgan fingerprint density at radius 1 is 1.42 bits per heavy atom. The zero-order valence-electron chi connectivity index (χ0n) is 11.3. The molecule has 19 heavy (non-hydrogen) atoms. The van der Waals surface area contributed by atoms with Crippen molar-refractivity contribution < 1.29 is 9.47 Å². The Morgan fingerprint density at radius 3 is 2.63 bits per heavy atom. The van der Waals surface area contributed by atoms with E-state index in [1.807, 2.05) is 19.9 Å². The minimum absolute atomic E-state index is 0.395. The van der Waals surface area contributed by atoms with Crippen molar-refractivity contribution in [2.24, 2.45) is 5.41 Å². The van der Waals surface area contributed by atoms with E-state index in [1.54, 1.807) is 13.2 Å². The third kappa shape index (κ3) is 4.59. The summed E-state index contributed by atoms with van der Waals surface area (Å²) >= 11 is 9.41. The number of rotatable bonds is 6. The number of alkyl halides is 1. The lowest BCUT2D eigenvalue weighted by Gasteiger charge is -2.18. The number of halogens is 2. The van der Waals surface area contributed by atoms with Crippen LogP contribution in [0.5, 0.6) is 11.5 Å². The summed E-state index contributed by atoms with van der Waals surface area (Å²) in [7, 11) is 1.58. The highest BCUT2D eigenvalue weighted by Crippen LogP contribution is 2.36. The Labute approximate surface area is 127 Å². The molecule has 0 N–H and O–H groups in total. The van der Waals surface area contributed by atoms with Crippen molar-refractivity contribution in [1.29, 1.82) is 5.26 Å². The van der Waals surface area contributed by atoms with Crippen LogP contribution >= 0.6 is 27.5 Å². The second-order valence-corrected chi connectivity index (χ2v) is 5.82. The minimum atomic E-state index is -0.395. The highest BCUT2D eigenvalue weighted by atomic mass is 79.9. The van der Waals surface area contributed by atoms with Crippen LogP contribution < -0.4 is 9.47 Å². The molecule has 0 radical (unpaired) electrons. The highest BCUT2D eigenvalue weighted by molar-refractivity contribution is 9.08. The molecule has 0 amide bonds. The van der Waals surface area contributed by atoms with E-state index in [-0.39, 0.29) is 0 Å². The van der Waals surface area contributed by atoms with Gasteiger partial charge in [-0.15, -0.1) is 0 Å². The van der Waals surface area contributed by atoms with Crippen LogP contribution in [0.3, 0.4) is 0 Å². The van der Waals surface area contributed by atoms with Crippen molar-refractivity contribution in [3.8, 4) is 17.6 Å². The van der Waals surface area contributed by atoms with E-state index >= 15 is 0 Å². The Morgan fingerprint density at radius 2 is 2.11 bits per heavy atom. The average molecular weight is 347 g/mol. The maximum atomic E-state index is 8.97. The largest absolute Gasteiger partial charge is 0.493 e. The predicted octanol–water partition coefficient (Wildman–Crippen LogP) is 4.56. The van der Waals surface area contributed by atoms with Crippen LogP contribution in [0.4, 0.5) is 0 Å². The zero-order chi connectivity index (χ0) is 14.5. The lowest BCUT2D eigenvalue weighted by atomic mass is 9.92. The summed E-state index contributed by atoms with van der Waals surface area (Å²) in [5.74, 6) is 1.29. The van der Waals surface area contributed by atoms with Gasteiger partial charge in [0.25, 0.3) is 0 Å². The van der Waals surface area contributed by atoms with Gasteiger partial charge in [0, 0.05) is 22.0 Å². The first-order valence-corrected chi connectivity index (χ1v) is 7.40. The Hall–Kier alpha value is -0.920. The Bertz CT molecular complexity index is 458. The van der Waals surface area contributed by atoms with Crippen LogP contribution in [0.1, 0.15) is 25.8 Å². The van der Waals surface area contributed by atoms with E-state index in [9.17, 15) is 0 Å². The van der Waals surface area contributed by atoms with Crippen molar-refractivity contribution in [2.45, 2.75) is 25.6 Å². The molecule has 0 aliphatic carbocycles. The summed E-state index contributed by atoms with van der Waals surface area (Å²) in [5, 5.41) is 10.2. The molecule has 0 aliphatic rings. The van der Waals surface area contributed by atoms with Gasteiger partial charge in [0.05, 0.1) is 25.2 Å². The van der Waals surface area contributed by atoms with Gasteiger partial charge >= 0.3 is 0 Å². The van der Waals surface area contributed by atoms with Crippen LogP contribution in [0.2, 0.25) is 5.02 Å². The molecule has 104 valence electrons. The number of nitrogens with zero attached hydrogens (tertiary/aromatic N) is 1. The van der Waals surface area contributed by atoms with E-state index in [2.05, 4.69) is 22.0 Å². The number of methoxy groups -OCH3 is 1. The van der Waals surface area contributed by atoms with E-state index in [0.29, 0.717) is 34.9 Å². The third-order valence-electron chi connectivity index (χ3n) is 2.74. The molecule has 1 aromatic rings. The number of benzene rings is 1. The molecule has 0 heterocycles. The fourth-order valence-electron chi connectivity index (χ4n) is 1.50. The van der Waals surface area contributed by atoms with Crippen molar-refractivity contribution >= 4 is 27.5 Å². The van der Waals surface area contributed by atoms with Crippen molar-refractivity contribution in [2.75, 3.05) is 13.7 Å². The topological polar surface area (TPSA) is 42.2 Å². The predicted molar refractivity (Wildman–Crippen MR) is 80.1 cm³/mol. The second-order valence-electron chi connectivity index (χ2n) is 4.82. The van der Waals surface area contributed by atoms with Crippen LogP contribution in [-0.4, -0.2) is 13.7 Å². The number of nitriles is 1. The maximum absolute atomic E-state index is 8.97. The number of hydrogen-bond acceptors (Lipinski definition) is 3. The maximum Gasteiger partial charge on any atom is 0.165 e. The van der Waals surface area contributed by atoms with Gasteiger partial charge < -0.3 is 9.47 Å². The molecule has 1 rings (SSSR count). The summed E-state index contributed by atoms with van der Waals surface area (Å²) in [4.78, 5) is 0. The zero-order valence-corrected chi connectivity index (χ0v) is 13.6. The minimum Gasteiger partial charge on any atom is -0.493 e. The van der Waals surface area contributed by atoms with Crippen molar-refractivity contribution in [1.82, 2.24) is 0 Å². The van der Waals surface area contributed by atoms with Gasteiger partial charge in [0.1, 0.15) is 0 Å². The van der Waals surface area contributed by atoms with Crippen molar-refractivity contribution in [3.05, 3.63) is 22.7 Å². The molecule has 5 heteroatoms. The van der Waals surface area contributed by atoms with Crippen LogP contribution in [0, 0.1) is 16.7 Å². The smallest absolute Gasteiger partial charge is 0.165 e. The van der Waals surface area contributed by atoms with Crippen molar-refractivity contribution in [3.63, 3.8) is 0 Å². The molecule has 0 aliphatic heterocycles. The molecule has 0 bridgehead atoms. The standard InChI is InChI=1S/C14H17BrClNO2/c1-14(2,9-17)4-5-19-13-10(8-15)6-11(16)7-12(13)18-3/h6-7H,4-5,8H2,1-3H3. The van der Waals surface area contributed by atoms with Gasteiger partial charge in [0.2, 0.25) is 0 Å². The van der Waals surface area contributed by atoms with Crippen LogP contribution in [0.25, 0.3) is 0 Å². The van der Waals surface area contributed by atoms with Crippen LogP contribution in [-0.2, 0) is 5.33 Å². The summed E-state index contributed by atoms with van der Waals surface area (Å²) in [6, 6.07) is 5.81. The molecule has 1 aromatic carbocycles. The monoisotopic (exact) mass is 345 g/mol. The summed E-state index contributed by atoms with van der Waals surface area (Å²) in [6.07, 6.45) is 0.650. The van der Waals surface area contributed by atoms with E-state index in [4.69, 9.17) is 26.3 Å². The molecule has 0 fully saturated rings. The van der Waals surface area contributed by atoms with E-state index < -0.39 is 5.41 Å². The van der Waals surface area contributed by atoms with Gasteiger partial charge in [-0.05, 0) is 26.3 Å². The van der Waals surface area contributed by atoms with Gasteiger partial charge in [0.15, 0.2) is 11.5 Å². The van der Waals surface area contributed by atoms with Gasteiger partial charge in [-0.3, -0.25) is 0 Å². The average Bonchev–Trinajstić information content (AvgIpc) is 2.39. The van der Waals surface area contributed by atoms with E-state index in [1.165, 1.54) is 0 Å². The van der Waals surface area contributed by atoms with Crippen LogP contribution in [0.15, 0.2) is 12.1 Å². The first-order valence-electron chi connectivity index (χ1n) is 5.90. The molecular formula is C14H17BrClNO2. The summed E-state index contributed by atoms with van der Waals surface area (Å²) in [6.45, 7) is 4.24. The van der Waals surface area contributed by atoms with Gasteiger partial charge in [-0.2, -0.15) is 5.26 Å². The van der Waals surface area contributed by atoms with Gasteiger partial charge in [-0.25, -0.2) is 0 Å². The molecular weight excluding hydrogens is 330 g/mol. The molecule has 0 atom stereocenters. The molecule has 0 aromatic heterocycles. The Kier molecular flexibility index (Phi) is 5.96. The normalized spacial score (nSPS) is 10.9. The first kappa shape index (κ1) is 16.1. The summed E-state index contributed by atoms with van der Waals surface area (Å²) in [5.41, 5.74) is 0.535.